The van der Waals surface area contributed by atoms with Gasteiger partial charge in [-0.05, 0) is 30.5 Å². The van der Waals surface area contributed by atoms with Crippen LogP contribution in [0, 0.1) is 0 Å². The maximum atomic E-state index is 11.9. The van der Waals surface area contributed by atoms with Crippen LogP contribution in [0.25, 0.3) is 0 Å². The van der Waals surface area contributed by atoms with Gasteiger partial charge >= 0.3 is 0 Å². The molecule has 0 saturated heterocycles. The van der Waals surface area contributed by atoms with Crippen molar-refractivity contribution in [3.05, 3.63) is 40.2 Å². The van der Waals surface area contributed by atoms with Gasteiger partial charge in [-0.2, -0.15) is 0 Å². The molecule has 0 saturated carbocycles. The Morgan fingerprint density at radius 2 is 2.17 bits per heavy atom. The molecule has 0 aliphatic heterocycles. The van der Waals surface area contributed by atoms with Gasteiger partial charge in [0.1, 0.15) is 5.82 Å². The number of aromatic nitrogens is 2. The summed E-state index contributed by atoms with van der Waals surface area (Å²) in [6, 6.07) is 7.30. The molecule has 2 aromatic heterocycles. The van der Waals surface area contributed by atoms with E-state index in [4.69, 9.17) is 0 Å². The molecule has 0 aliphatic rings. The number of anilines is 1. The third-order valence-corrected chi connectivity index (χ3v) is 3.53. The van der Waals surface area contributed by atoms with E-state index in [0.717, 1.165) is 4.88 Å². The van der Waals surface area contributed by atoms with Gasteiger partial charge in [0.2, 0.25) is 0 Å². The van der Waals surface area contributed by atoms with Crippen LogP contribution in [0.3, 0.4) is 0 Å². The van der Waals surface area contributed by atoms with Crippen molar-refractivity contribution >= 4 is 23.1 Å². The van der Waals surface area contributed by atoms with E-state index in [-0.39, 0.29) is 11.9 Å². The molecule has 94 valence electrons. The number of carbonyl (C=O) groups excluding carboxylic acids is 1. The van der Waals surface area contributed by atoms with E-state index in [1.54, 1.807) is 30.5 Å². The zero-order valence-electron chi connectivity index (χ0n) is 10.2. The average Bonchev–Trinajstić information content (AvgIpc) is 2.92. The van der Waals surface area contributed by atoms with E-state index < -0.39 is 0 Å². The fraction of sp³-hybridized carbons (Fsp3) is 0.250. The van der Waals surface area contributed by atoms with Gasteiger partial charge in [0.15, 0.2) is 5.69 Å². The first-order valence-electron chi connectivity index (χ1n) is 5.56. The molecule has 1 amide bonds. The molecule has 0 radical (unpaired) electrons. The molecular formula is C12H14N4OS. The number of thiophene rings is 1. The molecule has 0 spiro atoms. The predicted molar refractivity (Wildman–Crippen MR) is 71.8 cm³/mol. The van der Waals surface area contributed by atoms with Crippen molar-refractivity contribution in [2.24, 2.45) is 0 Å². The van der Waals surface area contributed by atoms with Gasteiger partial charge in [0.05, 0.1) is 6.04 Å². The summed E-state index contributed by atoms with van der Waals surface area (Å²) in [6.45, 7) is 1.94. The first-order chi connectivity index (χ1) is 8.70. The predicted octanol–water partition coefficient (Wildman–Crippen LogP) is 2.07. The minimum atomic E-state index is -0.217. The van der Waals surface area contributed by atoms with Crippen LogP contribution in [-0.4, -0.2) is 23.2 Å². The van der Waals surface area contributed by atoms with E-state index >= 15 is 0 Å². The topological polar surface area (TPSA) is 66.9 Å². The summed E-state index contributed by atoms with van der Waals surface area (Å²) in [5.41, 5.74) is 0.317. The van der Waals surface area contributed by atoms with Crippen LogP contribution in [0.15, 0.2) is 29.6 Å². The fourth-order valence-corrected chi connectivity index (χ4v) is 2.20. The third kappa shape index (κ3) is 2.84. The van der Waals surface area contributed by atoms with Gasteiger partial charge in [0, 0.05) is 11.9 Å². The maximum absolute atomic E-state index is 11.9. The largest absolute Gasteiger partial charge is 0.372 e. The highest BCUT2D eigenvalue weighted by atomic mass is 32.1. The van der Waals surface area contributed by atoms with E-state index in [9.17, 15) is 4.79 Å². The lowest BCUT2D eigenvalue weighted by atomic mass is 10.2. The first kappa shape index (κ1) is 12.5. The van der Waals surface area contributed by atoms with Gasteiger partial charge < -0.3 is 10.6 Å². The Morgan fingerprint density at radius 3 is 2.72 bits per heavy atom. The van der Waals surface area contributed by atoms with Crippen molar-refractivity contribution in [3.8, 4) is 0 Å². The highest BCUT2D eigenvalue weighted by molar-refractivity contribution is 7.10. The van der Waals surface area contributed by atoms with Crippen LogP contribution in [0.5, 0.6) is 0 Å². The SMILES string of the molecule is CNc1ccc(C(=O)NC(C)c2cccs2)nn1. The zero-order chi connectivity index (χ0) is 13.0. The number of carbonyl (C=O) groups is 1. The molecule has 5 nitrogen and oxygen atoms in total. The summed E-state index contributed by atoms with van der Waals surface area (Å²) in [4.78, 5) is 13.0. The maximum Gasteiger partial charge on any atom is 0.272 e. The van der Waals surface area contributed by atoms with Crippen molar-refractivity contribution in [1.29, 1.82) is 0 Å². The molecular weight excluding hydrogens is 248 g/mol. The number of amides is 1. The number of hydrogen-bond acceptors (Lipinski definition) is 5. The van der Waals surface area contributed by atoms with Crippen molar-refractivity contribution in [2.75, 3.05) is 12.4 Å². The Bertz CT molecular complexity index is 509. The van der Waals surface area contributed by atoms with Crippen LogP contribution in [-0.2, 0) is 0 Å². The van der Waals surface area contributed by atoms with Crippen LogP contribution in [0.4, 0.5) is 5.82 Å². The number of hydrogen-bond donors (Lipinski definition) is 2. The molecule has 0 fully saturated rings. The second-order valence-electron chi connectivity index (χ2n) is 3.76. The Labute approximate surface area is 109 Å². The van der Waals surface area contributed by atoms with Crippen molar-refractivity contribution in [2.45, 2.75) is 13.0 Å². The Balaban J connectivity index is 2.03. The summed E-state index contributed by atoms with van der Waals surface area (Å²) in [5.74, 6) is 0.420. The summed E-state index contributed by atoms with van der Waals surface area (Å²) < 4.78 is 0. The Hall–Kier alpha value is -1.95. The normalized spacial score (nSPS) is 11.9. The van der Waals surface area contributed by atoms with Crippen LogP contribution < -0.4 is 10.6 Å². The zero-order valence-corrected chi connectivity index (χ0v) is 11.0. The summed E-state index contributed by atoms with van der Waals surface area (Å²) in [5, 5.41) is 15.5. The van der Waals surface area contributed by atoms with Crippen LogP contribution in [0.2, 0.25) is 0 Å². The van der Waals surface area contributed by atoms with Crippen LogP contribution >= 0.6 is 11.3 Å². The number of nitrogens with one attached hydrogen (secondary N) is 2. The third-order valence-electron chi connectivity index (χ3n) is 2.47. The van der Waals surface area contributed by atoms with Crippen molar-refractivity contribution in [1.82, 2.24) is 15.5 Å². The molecule has 2 rings (SSSR count). The minimum absolute atomic E-state index is 0.0247. The molecule has 0 bridgehead atoms. The second-order valence-corrected chi connectivity index (χ2v) is 4.74. The minimum Gasteiger partial charge on any atom is -0.372 e. The molecule has 1 unspecified atom stereocenters. The lowest BCUT2D eigenvalue weighted by Gasteiger charge is -2.11. The van der Waals surface area contributed by atoms with Gasteiger partial charge in [-0.1, -0.05) is 6.07 Å². The molecule has 18 heavy (non-hydrogen) atoms. The second kappa shape index (κ2) is 5.59. The van der Waals surface area contributed by atoms with Crippen molar-refractivity contribution in [3.63, 3.8) is 0 Å². The van der Waals surface area contributed by atoms with E-state index in [2.05, 4.69) is 20.8 Å². The molecule has 0 aliphatic carbocycles. The smallest absolute Gasteiger partial charge is 0.272 e. The molecule has 2 aromatic rings. The molecule has 2 heterocycles. The number of nitrogens with zero attached hydrogens (tertiary/aromatic N) is 2. The summed E-state index contributed by atoms with van der Waals surface area (Å²) in [7, 11) is 1.75. The standard InChI is InChI=1S/C12H14N4OS/c1-8(10-4-3-7-18-10)14-12(17)9-5-6-11(13-2)16-15-9/h3-8H,1-2H3,(H,13,16)(H,14,17). The summed E-state index contributed by atoms with van der Waals surface area (Å²) in [6.07, 6.45) is 0. The molecule has 1 atom stereocenters. The summed E-state index contributed by atoms with van der Waals surface area (Å²) >= 11 is 1.61. The van der Waals surface area contributed by atoms with E-state index in [0.29, 0.717) is 11.5 Å². The fourth-order valence-electron chi connectivity index (χ4n) is 1.47. The van der Waals surface area contributed by atoms with E-state index in [1.165, 1.54) is 0 Å². The average molecular weight is 262 g/mol. The monoisotopic (exact) mass is 262 g/mol. The lowest BCUT2D eigenvalue weighted by molar-refractivity contribution is 0.0934. The first-order valence-corrected chi connectivity index (χ1v) is 6.44. The van der Waals surface area contributed by atoms with Gasteiger partial charge in [0.25, 0.3) is 5.91 Å². The molecule has 0 aromatic carbocycles. The lowest BCUT2D eigenvalue weighted by Crippen LogP contribution is -2.27. The Kier molecular flexibility index (Phi) is 3.88. The van der Waals surface area contributed by atoms with Crippen molar-refractivity contribution < 1.29 is 4.79 Å². The Morgan fingerprint density at radius 1 is 1.33 bits per heavy atom. The van der Waals surface area contributed by atoms with Gasteiger partial charge in [-0.3, -0.25) is 4.79 Å². The molecule has 2 N–H and O–H groups in total. The number of rotatable bonds is 4. The van der Waals surface area contributed by atoms with Gasteiger partial charge in [-0.25, -0.2) is 0 Å². The molecule has 6 heteroatoms. The van der Waals surface area contributed by atoms with Crippen LogP contribution in [0.1, 0.15) is 28.3 Å². The highest BCUT2D eigenvalue weighted by Gasteiger charge is 2.13. The highest BCUT2D eigenvalue weighted by Crippen LogP contribution is 2.18. The quantitative estimate of drug-likeness (QED) is 0.885. The van der Waals surface area contributed by atoms with E-state index in [1.807, 2.05) is 24.4 Å². The van der Waals surface area contributed by atoms with Gasteiger partial charge in [-0.15, -0.1) is 21.5 Å².